The molecule has 0 bridgehead atoms. The second kappa shape index (κ2) is 7.58. The Bertz CT molecular complexity index is 391. The first-order valence-electron chi connectivity index (χ1n) is 6.39. The van der Waals surface area contributed by atoms with E-state index < -0.39 is 0 Å². The van der Waals surface area contributed by atoms with Gasteiger partial charge < -0.3 is 15.8 Å². The summed E-state index contributed by atoms with van der Waals surface area (Å²) in [5.41, 5.74) is 7.61. The Kier molecular flexibility index (Phi) is 6.05. The number of ether oxygens (including phenoxy) is 1. The molecule has 0 spiro atoms. The molecule has 1 amide bonds. The van der Waals surface area contributed by atoms with Crippen molar-refractivity contribution in [2.75, 3.05) is 19.4 Å². The van der Waals surface area contributed by atoms with E-state index in [0.717, 1.165) is 24.2 Å². The average Bonchev–Trinajstić information content (AvgIpc) is 2.38. The van der Waals surface area contributed by atoms with Crippen molar-refractivity contribution in [3.63, 3.8) is 0 Å². The zero-order chi connectivity index (χ0) is 13.4. The molecule has 0 atom stereocenters. The molecule has 0 aliphatic carbocycles. The summed E-state index contributed by atoms with van der Waals surface area (Å²) in [6, 6.07) is 5.72. The van der Waals surface area contributed by atoms with Crippen molar-refractivity contribution in [1.82, 2.24) is 5.32 Å². The van der Waals surface area contributed by atoms with Gasteiger partial charge in [0.15, 0.2) is 0 Å². The van der Waals surface area contributed by atoms with Crippen LogP contribution in [0.5, 0.6) is 5.75 Å². The fourth-order valence-corrected chi connectivity index (χ4v) is 1.59. The molecule has 100 valence electrons. The van der Waals surface area contributed by atoms with Crippen LogP contribution in [0.15, 0.2) is 18.2 Å². The largest absolute Gasteiger partial charge is 0.491 e. The minimum Gasteiger partial charge on any atom is -0.491 e. The number of aryl methyl sites for hydroxylation is 1. The highest BCUT2D eigenvalue weighted by Crippen LogP contribution is 2.23. The molecule has 0 aromatic heterocycles. The van der Waals surface area contributed by atoms with Gasteiger partial charge >= 0.3 is 0 Å². The predicted molar refractivity (Wildman–Crippen MR) is 73.6 cm³/mol. The molecule has 0 aliphatic rings. The summed E-state index contributed by atoms with van der Waals surface area (Å²) in [6.45, 7) is 2.81. The van der Waals surface area contributed by atoms with Gasteiger partial charge in [0, 0.05) is 13.5 Å². The molecule has 0 aliphatic heterocycles. The van der Waals surface area contributed by atoms with Crippen molar-refractivity contribution < 1.29 is 9.53 Å². The van der Waals surface area contributed by atoms with Crippen molar-refractivity contribution in [2.45, 2.75) is 32.6 Å². The number of nitrogens with one attached hydrogen (secondary N) is 1. The Morgan fingerprint density at radius 3 is 2.83 bits per heavy atom. The molecule has 4 nitrogen and oxygen atoms in total. The number of carbonyl (C=O) groups excluding carboxylic acids is 1. The number of benzene rings is 1. The molecule has 4 heteroatoms. The van der Waals surface area contributed by atoms with E-state index in [-0.39, 0.29) is 5.91 Å². The van der Waals surface area contributed by atoms with Crippen LogP contribution in [0.1, 0.15) is 31.7 Å². The van der Waals surface area contributed by atoms with Crippen LogP contribution in [-0.2, 0) is 11.2 Å². The molecule has 0 saturated heterocycles. The molecule has 0 heterocycles. The maximum Gasteiger partial charge on any atom is 0.220 e. The van der Waals surface area contributed by atoms with E-state index in [1.165, 1.54) is 0 Å². The van der Waals surface area contributed by atoms with Gasteiger partial charge in [-0.05, 0) is 30.5 Å². The number of anilines is 1. The van der Waals surface area contributed by atoms with E-state index in [0.29, 0.717) is 25.1 Å². The van der Waals surface area contributed by atoms with E-state index in [9.17, 15) is 4.79 Å². The number of rotatable bonds is 7. The number of amides is 1. The van der Waals surface area contributed by atoms with Gasteiger partial charge in [0.2, 0.25) is 5.91 Å². The Balaban J connectivity index is 2.53. The highest BCUT2D eigenvalue weighted by Gasteiger charge is 2.04. The van der Waals surface area contributed by atoms with Crippen molar-refractivity contribution in [3.05, 3.63) is 23.8 Å². The maximum absolute atomic E-state index is 11.1. The monoisotopic (exact) mass is 250 g/mol. The summed E-state index contributed by atoms with van der Waals surface area (Å²) >= 11 is 0. The van der Waals surface area contributed by atoms with Crippen molar-refractivity contribution in [3.8, 4) is 5.75 Å². The smallest absolute Gasteiger partial charge is 0.220 e. The molecule has 1 aromatic rings. The van der Waals surface area contributed by atoms with Crippen LogP contribution < -0.4 is 15.8 Å². The fraction of sp³-hybridized carbons (Fsp3) is 0.500. The van der Waals surface area contributed by atoms with Gasteiger partial charge in [0.25, 0.3) is 0 Å². The molecule has 0 radical (unpaired) electrons. The molecular formula is C14H22N2O2. The summed E-state index contributed by atoms with van der Waals surface area (Å²) < 4.78 is 5.57. The van der Waals surface area contributed by atoms with E-state index in [1.807, 2.05) is 18.2 Å². The Hall–Kier alpha value is -1.71. The predicted octanol–water partition coefficient (Wildman–Crippen LogP) is 2.13. The number of hydrogen-bond acceptors (Lipinski definition) is 3. The van der Waals surface area contributed by atoms with Crippen molar-refractivity contribution in [1.29, 1.82) is 0 Å². The molecule has 0 saturated carbocycles. The van der Waals surface area contributed by atoms with E-state index in [4.69, 9.17) is 10.5 Å². The van der Waals surface area contributed by atoms with Gasteiger partial charge in [-0.1, -0.05) is 19.4 Å². The molecule has 1 aromatic carbocycles. The highest BCUT2D eigenvalue weighted by atomic mass is 16.5. The van der Waals surface area contributed by atoms with E-state index in [2.05, 4.69) is 12.2 Å². The van der Waals surface area contributed by atoms with Gasteiger partial charge in [-0.25, -0.2) is 0 Å². The molecule has 0 unspecified atom stereocenters. The quantitative estimate of drug-likeness (QED) is 0.575. The number of unbranched alkanes of at least 4 members (excludes halogenated alkanes) is 1. The van der Waals surface area contributed by atoms with Crippen LogP contribution in [0.2, 0.25) is 0 Å². The first kappa shape index (κ1) is 14.4. The lowest BCUT2D eigenvalue weighted by Gasteiger charge is -2.10. The molecule has 1 rings (SSSR count). The van der Waals surface area contributed by atoms with Gasteiger partial charge in [-0.15, -0.1) is 0 Å². The normalized spacial score (nSPS) is 10.1. The summed E-state index contributed by atoms with van der Waals surface area (Å²) in [5, 5.41) is 2.60. The summed E-state index contributed by atoms with van der Waals surface area (Å²) in [7, 11) is 1.64. The van der Waals surface area contributed by atoms with Crippen LogP contribution in [0, 0.1) is 0 Å². The third kappa shape index (κ3) is 4.65. The topological polar surface area (TPSA) is 64.3 Å². The van der Waals surface area contributed by atoms with Gasteiger partial charge in [-0.2, -0.15) is 0 Å². The van der Waals surface area contributed by atoms with Crippen molar-refractivity contribution >= 4 is 11.6 Å². The first-order valence-corrected chi connectivity index (χ1v) is 6.39. The molecule has 18 heavy (non-hydrogen) atoms. The summed E-state index contributed by atoms with van der Waals surface area (Å²) in [6.07, 6.45) is 3.30. The second-order valence-corrected chi connectivity index (χ2v) is 4.25. The van der Waals surface area contributed by atoms with E-state index in [1.54, 1.807) is 7.05 Å². The third-order valence-electron chi connectivity index (χ3n) is 2.75. The zero-order valence-electron chi connectivity index (χ0n) is 11.2. The minimum atomic E-state index is 0.0387. The van der Waals surface area contributed by atoms with Gasteiger partial charge in [-0.3, -0.25) is 4.79 Å². The first-order chi connectivity index (χ1) is 8.67. The van der Waals surface area contributed by atoms with Crippen LogP contribution in [0.4, 0.5) is 5.69 Å². The lowest BCUT2D eigenvalue weighted by molar-refractivity contribution is -0.120. The molecule has 0 fully saturated rings. The lowest BCUT2D eigenvalue weighted by atomic mass is 10.1. The minimum absolute atomic E-state index is 0.0387. The number of carbonyl (C=O) groups is 1. The number of nitrogen functional groups attached to an aromatic ring is 1. The molecule has 3 N–H and O–H groups in total. The zero-order valence-corrected chi connectivity index (χ0v) is 11.2. The standard InChI is InChI=1S/C14H22N2O2/c1-3-4-9-18-13-7-5-11(10-12(13)15)6-8-14(17)16-2/h5,7,10H,3-4,6,8-9,15H2,1-2H3,(H,16,17). The number of hydrogen-bond donors (Lipinski definition) is 2. The Morgan fingerprint density at radius 2 is 2.22 bits per heavy atom. The van der Waals surface area contributed by atoms with E-state index >= 15 is 0 Å². The maximum atomic E-state index is 11.1. The van der Waals surface area contributed by atoms with Gasteiger partial charge in [0.05, 0.1) is 12.3 Å². The van der Waals surface area contributed by atoms with Crippen molar-refractivity contribution in [2.24, 2.45) is 0 Å². The van der Waals surface area contributed by atoms with Gasteiger partial charge in [0.1, 0.15) is 5.75 Å². The van der Waals surface area contributed by atoms with Crippen LogP contribution in [0.3, 0.4) is 0 Å². The third-order valence-corrected chi connectivity index (χ3v) is 2.75. The Labute approximate surface area is 109 Å². The second-order valence-electron chi connectivity index (χ2n) is 4.25. The SMILES string of the molecule is CCCCOc1ccc(CCC(=O)NC)cc1N. The van der Waals surface area contributed by atoms with Crippen LogP contribution >= 0.6 is 0 Å². The summed E-state index contributed by atoms with van der Waals surface area (Å²) in [5.74, 6) is 0.768. The van der Waals surface area contributed by atoms with Crippen LogP contribution in [0.25, 0.3) is 0 Å². The Morgan fingerprint density at radius 1 is 1.44 bits per heavy atom. The highest BCUT2D eigenvalue weighted by molar-refractivity contribution is 5.75. The molecular weight excluding hydrogens is 228 g/mol. The average molecular weight is 250 g/mol. The summed E-state index contributed by atoms with van der Waals surface area (Å²) in [4.78, 5) is 11.1. The van der Waals surface area contributed by atoms with Crippen LogP contribution in [-0.4, -0.2) is 19.6 Å². The number of nitrogens with two attached hydrogens (primary N) is 1. The fourth-order valence-electron chi connectivity index (χ4n) is 1.59. The lowest BCUT2D eigenvalue weighted by Crippen LogP contribution is -2.17.